The number of rotatable bonds is 7. The summed E-state index contributed by atoms with van der Waals surface area (Å²) in [6.07, 6.45) is 7.18. The molecule has 0 bridgehead atoms. The average molecular weight is 930 g/mol. The third-order valence-electron chi connectivity index (χ3n) is 9.85. The molecule has 3 aromatic heterocycles. The summed E-state index contributed by atoms with van der Waals surface area (Å²) >= 11 is 0. The van der Waals surface area contributed by atoms with Gasteiger partial charge in [0.15, 0.2) is 0 Å². The van der Waals surface area contributed by atoms with Crippen molar-refractivity contribution in [2.75, 3.05) is 0 Å². The molecule has 0 amide bonds. The summed E-state index contributed by atoms with van der Waals surface area (Å²) in [5, 5.41) is 0. The van der Waals surface area contributed by atoms with Gasteiger partial charge in [-0.05, 0) is 54.3 Å². The van der Waals surface area contributed by atoms with Crippen molar-refractivity contribution in [2.45, 2.75) is 66.2 Å². The summed E-state index contributed by atoms with van der Waals surface area (Å²) in [5.41, 5.74) is 11.9. The van der Waals surface area contributed by atoms with Crippen LogP contribution in [0.3, 0.4) is 0 Å². The first-order valence-corrected chi connectivity index (χ1v) is 18.6. The van der Waals surface area contributed by atoms with E-state index in [1.165, 1.54) is 0 Å². The number of fused-ring (bicyclic) bond motifs is 3. The van der Waals surface area contributed by atoms with Gasteiger partial charge in [-0.25, -0.2) is 0 Å². The maximum atomic E-state index is 6.72. The molecule has 0 saturated carbocycles. The normalized spacial score (nSPS) is 11.9. The smallest absolute Gasteiger partial charge is 0.503 e. The van der Waals surface area contributed by atoms with Crippen LogP contribution in [0.5, 0.6) is 23.0 Å². The van der Waals surface area contributed by atoms with Gasteiger partial charge in [0.1, 0.15) is 0 Å². The van der Waals surface area contributed by atoms with E-state index < -0.39 is 0 Å². The van der Waals surface area contributed by atoms with E-state index in [9.17, 15) is 0 Å². The van der Waals surface area contributed by atoms with Crippen LogP contribution in [0.1, 0.15) is 63.8 Å². The Bertz CT molecular complexity index is 2410. The third kappa shape index (κ3) is 8.74. The van der Waals surface area contributed by atoms with Gasteiger partial charge < -0.3 is 19.4 Å². The molecule has 0 aliphatic carbocycles. The van der Waals surface area contributed by atoms with Crippen molar-refractivity contribution < 1.29 is 50.3 Å². The van der Waals surface area contributed by atoms with Crippen molar-refractivity contribution in [2.24, 2.45) is 0 Å². The molecule has 0 radical (unpaired) electrons. The van der Waals surface area contributed by atoms with Crippen LogP contribution in [0.2, 0.25) is 0 Å². The first kappa shape index (κ1) is 41.9. The van der Waals surface area contributed by atoms with Crippen molar-refractivity contribution in [1.29, 1.82) is 0 Å². The van der Waals surface area contributed by atoms with Crippen LogP contribution in [0.4, 0.5) is 0 Å². The molecule has 288 valence electrons. The molecule has 8 rings (SSSR count). The summed E-state index contributed by atoms with van der Waals surface area (Å²) in [4.78, 5) is 18.7. The fraction of sp³-hybridized carbons (Fsp3) is 0.208. The van der Waals surface area contributed by atoms with E-state index in [2.05, 4.69) is 138 Å². The Morgan fingerprint density at radius 2 is 0.947 bits per heavy atom. The maximum absolute atomic E-state index is 6.72. The fourth-order valence-electron chi connectivity index (χ4n) is 7.06. The molecule has 0 unspecified atom stereocenters. The topological polar surface area (TPSA) is 70.0 Å². The first-order valence-electron chi connectivity index (χ1n) is 18.6. The monoisotopic (exact) mass is 928 g/mol. The molecule has 9 heteroatoms. The minimum Gasteiger partial charge on any atom is -0.503 e. The number of pyridine rings is 2. The Hall–Kier alpha value is -4.75. The van der Waals surface area contributed by atoms with Crippen molar-refractivity contribution in [3.63, 3.8) is 0 Å². The average Bonchev–Trinajstić information content (AvgIpc) is 3.47. The van der Waals surface area contributed by atoms with Gasteiger partial charge in [-0.1, -0.05) is 88.1 Å². The van der Waals surface area contributed by atoms with E-state index in [1.54, 1.807) is 12.4 Å². The van der Waals surface area contributed by atoms with Crippen molar-refractivity contribution >= 4 is 23.4 Å². The first-order chi connectivity index (χ1) is 26.3. The van der Waals surface area contributed by atoms with Crippen LogP contribution in [0.15, 0.2) is 104 Å². The summed E-state index contributed by atoms with van der Waals surface area (Å²) in [6.45, 7) is 16.8. The summed E-state index contributed by atoms with van der Waals surface area (Å²) in [7, 11) is 0. The molecule has 0 N–H and O–H groups in total. The van der Waals surface area contributed by atoms with Gasteiger partial charge in [-0.3, -0.25) is 9.97 Å². The van der Waals surface area contributed by atoms with Crippen molar-refractivity contribution in [1.82, 2.24) is 19.9 Å². The molecule has 1 aliphatic rings. The molecule has 7 aromatic rings. The van der Waals surface area contributed by atoms with Gasteiger partial charge in [-0.2, -0.15) is 34.2 Å². The van der Waals surface area contributed by atoms with E-state index >= 15 is 0 Å². The maximum Gasteiger partial charge on any atom is 2.00 e. The van der Waals surface area contributed by atoms with Crippen molar-refractivity contribution in [3.8, 4) is 56.6 Å². The van der Waals surface area contributed by atoms with Crippen LogP contribution in [0, 0.1) is 38.1 Å². The zero-order valence-electron chi connectivity index (χ0n) is 33.1. The molecular formula is C48H41BN4O2Pd2. The molecule has 0 spiro atoms. The van der Waals surface area contributed by atoms with E-state index in [0.717, 1.165) is 66.8 Å². The second kappa shape index (κ2) is 16.6. The number of aromatic nitrogens is 4. The molecule has 57 heavy (non-hydrogen) atoms. The summed E-state index contributed by atoms with van der Waals surface area (Å²) < 4.78 is 13.4. The standard InChI is InChI=1S/C48H41BN4O2.2Pd/c1-30-18-22-50-42(24-30)32-10-16-38(47(3,4)5)44(26-32)54-34-12-14-36-37-15-13-35(29-41(37)49(40(36)28-34)46-52-20-9-21-53-46)55-45-27-33(11-17-39(45)48(6,7)8)43-25-31(2)19-23-51-43;;/h9-25H,1-8H3;;/q-4;2*+2. The van der Waals surface area contributed by atoms with Gasteiger partial charge in [0.05, 0.1) is 5.72 Å². The fourth-order valence-corrected chi connectivity index (χ4v) is 7.06. The number of ether oxygens (including phenoxy) is 2. The predicted molar refractivity (Wildman–Crippen MR) is 220 cm³/mol. The van der Waals surface area contributed by atoms with Crippen LogP contribution in [-0.2, 0) is 51.7 Å². The number of benzene rings is 4. The summed E-state index contributed by atoms with van der Waals surface area (Å²) in [6, 6.07) is 40.7. The van der Waals surface area contributed by atoms with E-state index in [-0.39, 0.29) is 58.4 Å². The number of nitrogens with zero attached hydrogens (tertiary/aromatic N) is 4. The Labute approximate surface area is 364 Å². The number of hydrogen-bond donors (Lipinski definition) is 0. The van der Waals surface area contributed by atoms with Gasteiger partial charge in [0, 0.05) is 47.8 Å². The van der Waals surface area contributed by atoms with Gasteiger partial charge in [-0.15, -0.1) is 59.7 Å². The molecule has 0 saturated heterocycles. The second-order valence-electron chi connectivity index (χ2n) is 16.2. The third-order valence-corrected chi connectivity index (χ3v) is 9.85. The molecule has 4 aromatic carbocycles. The molecule has 0 atom stereocenters. The molecule has 1 aliphatic heterocycles. The Kier molecular flexibility index (Phi) is 12.2. The van der Waals surface area contributed by atoms with Crippen LogP contribution in [-0.4, -0.2) is 26.6 Å². The SMILES string of the molecule is Cc1ccnc(-c2[c-]c(Oc3[c-]c4c(cc3)-c3ccc(Oc5[c-]c(-c6cc(C)ccn6)ccc5C(C)(C)C)[c-]c3B4c3ncccn3)c(C(C)(C)C)cc2)c1.[Pd+2].[Pd+2]. The zero-order valence-corrected chi connectivity index (χ0v) is 36.2. The van der Waals surface area contributed by atoms with Crippen LogP contribution < -0.4 is 26.1 Å². The molecule has 0 fully saturated rings. The van der Waals surface area contributed by atoms with Gasteiger partial charge in [0.25, 0.3) is 0 Å². The van der Waals surface area contributed by atoms with E-state index in [1.807, 2.05) is 42.7 Å². The quantitative estimate of drug-likeness (QED) is 0.117. The Morgan fingerprint density at radius 1 is 0.509 bits per heavy atom. The number of hydrogen-bond acceptors (Lipinski definition) is 6. The van der Waals surface area contributed by atoms with E-state index in [4.69, 9.17) is 19.4 Å². The zero-order chi connectivity index (χ0) is 38.5. The van der Waals surface area contributed by atoms with Gasteiger partial charge >= 0.3 is 40.8 Å². The van der Waals surface area contributed by atoms with Crippen LogP contribution >= 0.6 is 0 Å². The number of aryl methyl sites for hydroxylation is 2. The molecule has 4 heterocycles. The van der Waals surface area contributed by atoms with Crippen molar-refractivity contribution in [3.05, 3.63) is 150 Å². The second-order valence-corrected chi connectivity index (χ2v) is 16.2. The Morgan fingerprint density at radius 3 is 1.35 bits per heavy atom. The predicted octanol–water partition coefficient (Wildman–Crippen LogP) is 9.09. The minimum atomic E-state index is -0.346. The largest absolute Gasteiger partial charge is 2.00 e. The Balaban J connectivity index is 0.00000275. The minimum absolute atomic E-state index is 0. The molecular weight excluding hydrogens is 888 g/mol. The molecule has 6 nitrogen and oxygen atoms in total. The van der Waals surface area contributed by atoms with Crippen LogP contribution in [0.25, 0.3) is 33.6 Å². The summed E-state index contributed by atoms with van der Waals surface area (Å²) in [5.74, 6) is 2.43. The van der Waals surface area contributed by atoms with Gasteiger partial charge in [0.2, 0.25) is 6.71 Å². The van der Waals surface area contributed by atoms with E-state index in [0.29, 0.717) is 28.7 Å².